The fourth-order valence-electron chi connectivity index (χ4n) is 1.93. The highest BCUT2D eigenvalue weighted by Gasteiger charge is 2.24. The summed E-state index contributed by atoms with van der Waals surface area (Å²) in [6.45, 7) is 1.81. The van der Waals surface area contributed by atoms with Crippen molar-refractivity contribution in [3.63, 3.8) is 0 Å². The molecule has 1 aromatic rings. The molecule has 1 heterocycles. The van der Waals surface area contributed by atoms with E-state index in [-0.39, 0.29) is 5.91 Å². The third kappa shape index (κ3) is 2.45. The molecule has 0 bridgehead atoms. The Hall–Kier alpha value is -2.30. The van der Waals surface area contributed by atoms with Crippen molar-refractivity contribution < 1.29 is 14.3 Å². The molecule has 19 heavy (non-hydrogen) atoms. The number of carbonyl (C=O) groups is 1. The van der Waals surface area contributed by atoms with Crippen molar-refractivity contribution in [3.8, 4) is 11.5 Å². The zero-order chi connectivity index (χ0) is 14.0. The number of carbonyl (C=O) groups excluding carboxylic acids is 1. The number of ether oxygens (including phenoxy) is 2. The molecular weight excluding hydrogens is 244 g/mol. The zero-order valence-corrected chi connectivity index (χ0v) is 11.4. The third-order valence-electron chi connectivity index (χ3n) is 2.93. The maximum absolute atomic E-state index is 11.9. The molecule has 1 amide bonds. The smallest absolute Gasteiger partial charge is 0.275 e. The summed E-state index contributed by atoms with van der Waals surface area (Å²) in [4.78, 5) is 11.9. The van der Waals surface area contributed by atoms with Crippen LogP contribution in [0.2, 0.25) is 0 Å². The minimum Gasteiger partial charge on any atom is -0.493 e. The normalized spacial score (nSPS) is 16.8. The Morgan fingerprint density at radius 2 is 1.89 bits per heavy atom. The summed E-state index contributed by atoms with van der Waals surface area (Å²) < 4.78 is 10.4. The Morgan fingerprint density at radius 1 is 1.21 bits per heavy atom. The quantitative estimate of drug-likeness (QED) is 0.780. The van der Waals surface area contributed by atoms with Crippen molar-refractivity contribution >= 4 is 17.7 Å². The first-order valence-corrected chi connectivity index (χ1v) is 5.84. The van der Waals surface area contributed by atoms with E-state index in [2.05, 4.69) is 5.10 Å². The Bertz CT molecular complexity index is 576. The monoisotopic (exact) mass is 260 g/mol. The van der Waals surface area contributed by atoms with Crippen LogP contribution >= 0.6 is 0 Å². The minimum atomic E-state index is -0.104. The van der Waals surface area contributed by atoms with Gasteiger partial charge in [0.05, 0.1) is 25.5 Å². The summed E-state index contributed by atoms with van der Waals surface area (Å²) in [5.74, 6) is 1.18. The van der Waals surface area contributed by atoms with Crippen LogP contribution < -0.4 is 9.47 Å². The van der Waals surface area contributed by atoms with Crippen LogP contribution in [0.25, 0.3) is 6.08 Å². The van der Waals surface area contributed by atoms with Crippen molar-refractivity contribution in [3.05, 3.63) is 29.3 Å². The molecule has 0 saturated carbocycles. The highest BCUT2D eigenvalue weighted by molar-refractivity contribution is 6.26. The summed E-state index contributed by atoms with van der Waals surface area (Å²) in [6.07, 6.45) is 1.80. The lowest BCUT2D eigenvalue weighted by atomic mass is 10.1. The average Bonchev–Trinajstić information content (AvgIpc) is 2.65. The fourth-order valence-corrected chi connectivity index (χ4v) is 1.93. The molecule has 0 atom stereocenters. The molecule has 1 aliphatic heterocycles. The lowest BCUT2D eigenvalue weighted by molar-refractivity contribution is -0.124. The van der Waals surface area contributed by atoms with Crippen molar-refractivity contribution in [2.75, 3.05) is 21.3 Å². The first-order valence-electron chi connectivity index (χ1n) is 5.84. The summed E-state index contributed by atoms with van der Waals surface area (Å²) in [5, 5.41) is 5.44. The van der Waals surface area contributed by atoms with Crippen LogP contribution in [0, 0.1) is 0 Å². The van der Waals surface area contributed by atoms with Gasteiger partial charge in [-0.3, -0.25) is 4.79 Å². The first kappa shape index (κ1) is 13.1. The number of nitrogens with zero attached hydrogens (tertiary/aromatic N) is 2. The molecule has 0 spiro atoms. The molecular formula is C14H16N2O3. The topological polar surface area (TPSA) is 51.1 Å². The Morgan fingerprint density at radius 3 is 2.42 bits per heavy atom. The minimum absolute atomic E-state index is 0.104. The van der Waals surface area contributed by atoms with E-state index in [0.29, 0.717) is 22.8 Å². The summed E-state index contributed by atoms with van der Waals surface area (Å²) in [7, 11) is 4.81. The molecule has 1 aliphatic rings. The van der Waals surface area contributed by atoms with E-state index in [0.717, 1.165) is 5.56 Å². The number of benzene rings is 1. The standard InChI is InChI=1S/C14H16N2O3/c1-9-11(14(17)16(2)15-9)7-10-5-6-12(18-3)13(8-10)19-4/h5-8H,1-4H3. The van der Waals surface area contributed by atoms with E-state index in [9.17, 15) is 4.79 Å². The molecule has 5 heteroatoms. The molecule has 2 rings (SSSR count). The van der Waals surface area contributed by atoms with Crippen LogP contribution in [0.1, 0.15) is 12.5 Å². The third-order valence-corrected chi connectivity index (χ3v) is 2.93. The first-order chi connectivity index (χ1) is 9.06. The van der Waals surface area contributed by atoms with Gasteiger partial charge >= 0.3 is 0 Å². The van der Waals surface area contributed by atoms with Crippen LogP contribution in [0.3, 0.4) is 0 Å². The van der Waals surface area contributed by atoms with E-state index >= 15 is 0 Å². The molecule has 0 fully saturated rings. The maximum Gasteiger partial charge on any atom is 0.275 e. The molecule has 0 unspecified atom stereocenters. The van der Waals surface area contributed by atoms with Gasteiger partial charge in [0.15, 0.2) is 11.5 Å². The van der Waals surface area contributed by atoms with Gasteiger partial charge in [0.1, 0.15) is 0 Å². The molecule has 0 aromatic heterocycles. The number of hydrazone groups is 1. The van der Waals surface area contributed by atoms with Crippen LogP contribution in [-0.4, -0.2) is 37.9 Å². The van der Waals surface area contributed by atoms with Gasteiger partial charge in [-0.05, 0) is 30.7 Å². The molecule has 1 aromatic carbocycles. The number of hydrogen-bond acceptors (Lipinski definition) is 4. The van der Waals surface area contributed by atoms with E-state index in [1.54, 1.807) is 33.4 Å². The Labute approximate surface area is 112 Å². The molecule has 0 saturated heterocycles. The van der Waals surface area contributed by atoms with Gasteiger partial charge in [-0.15, -0.1) is 0 Å². The average molecular weight is 260 g/mol. The summed E-state index contributed by atoms with van der Waals surface area (Å²) >= 11 is 0. The lowest BCUT2D eigenvalue weighted by Crippen LogP contribution is -2.16. The van der Waals surface area contributed by atoms with Gasteiger partial charge in [0.25, 0.3) is 5.91 Å². The van der Waals surface area contributed by atoms with Crippen LogP contribution in [0.15, 0.2) is 28.9 Å². The number of likely N-dealkylation sites (N-methyl/N-ethyl adjacent to an activating group) is 1. The fraction of sp³-hybridized carbons (Fsp3) is 0.286. The van der Waals surface area contributed by atoms with Crippen molar-refractivity contribution in [1.82, 2.24) is 5.01 Å². The number of amides is 1. The number of hydrogen-bond donors (Lipinski definition) is 0. The van der Waals surface area contributed by atoms with Crippen LogP contribution in [-0.2, 0) is 4.79 Å². The van der Waals surface area contributed by atoms with E-state index in [4.69, 9.17) is 9.47 Å². The molecule has 0 radical (unpaired) electrons. The second-order valence-corrected chi connectivity index (χ2v) is 4.19. The lowest BCUT2D eigenvalue weighted by Gasteiger charge is -2.08. The van der Waals surface area contributed by atoms with Gasteiger partial charge in [-0.25, -0.2) is 5.01 Å². The highest BCUT2D eigenvalue weighted by atomic mass is 16.5. The number of methoxy groups -OCH3 is 2. The van der Waals surface area contributed by atoms with Gasteiger partial charge in [-0.1, -0.05) is 6.07 Å². The maximum atomic E-state index is 11.9. The molecule has 5 nitrogen and oxygen atoms in total. The van der Waals surface area contributed by atoms with E-state index < -0.39 is 0 Å². The van der Waals surface area contributed by atoms with Gasteiger partial charge in [0, 0.05) is 7.05 Å². The van der Waals surface area contributed by atoms with E-state index in [1.165, 1.54) is 5.01 Å². The summed E-state index contributed by atoms with van der Waals surface area (Å²) in [5.41, 5.74) is 2.17. The highest BCUT2D eigenvalue weighted by Crippen LogP contribution is 2.29. The van der Waals surface area contributed by atoms with Crippen molar-refractivity contribution in [2.24, 2.45) is 5.10 Å². The summed E-state index contributed by atoms with van der Waals surface area (Å²) in [6, 6.07) is 5.50. The van der Waals surface area contributed by atoms with Crippen molar-refractivity contribution in [2.45, 2.75) is 6.92 Å². The van der Waals surface area contributed by atoms with Gasteiger partial charge in [-0.2, -0.15) is 5.10 Å². The molecule has 100 valence electrons. The van der Waals surface area contributed by atoms with Crippen LogP contribution in [0.5, 0.6) is 11.5 Å². The zero-order valence-electron chi connectivity index (χ0n) is 11.4. The van der Waals surface area contributed by atoms with E-state index in [1.807, 2.05) is 19.1 Å². The van der Waals surface area contributed by atoms with Crippen molar-refractivity contribution in [1.29, 1.82) is 0 Å². The van der Waals surface area contributed by atoms with Crippen LogP contribution in [0.4, 0.5) is 0 Å². The molecule has 0 aliphatic carbocycles. The second kappa shape index (κ2) is 5.14. The second-order valence-electron chi connectivity index (χ2n) is 4.19. The van der Waals surface area contributed by atoms with Gasteiger partial charge in [0.2, 0.25) is 0 Å². The van der Waals surface area contributed by atoms with Gasteiger partial charge < -0.3 is 9.47 Å². The predicted molar refractivity (Wildman–Crippen MR) is 73.4 cm³/mol. The molecule has 0 N–H and O–H groups in total. The largest absolute Gasteiger partial charge is 0.493 e. The Balaban J connectivity index is 2.39. The SMILES string of the molecule is COc1ccc(C=C2C(=O)N(C)N=C2C)cc1OC. The predicted octanol–water partition coefficient (Wildman–Crippen LogP) is 1.94. The number of rotatable bonds is 3. The Kier molecular flexibility index (Phi) is 3.55.